The highest BCUT2D eigenvalue weighted by atomic mass is 16.5. The highest BCUT2D eigenvalue weighted by molar-refractivity contribution is 5.92. The second-order valence-corrected chi connectivity index (χ2v) is 4.87. The topological polar surface area (TPSA) is 65.0 Å². The van der Waals surface area contributed by atoms with Crippen LogP contribution in [0.1, 0.15) is 15.9 Å². The Morgan fingerprint density at radius 3 is 2.52 bits per heavy atom. The number of hydrogen-bond donors (Lipinski definition) is 1. The average Bonchev–Trinajstić information content (AvgIpc) is 2.58. The molecule has 0 radical (unpaired) electrons. The minimum absolute atomic E-state index is 0.110. The smallest absolute Gasteiger partial charge is 0.341 e. The fourth-order valence-electron chi connectivity index (χ4n) is 2.04. The molecule has 0 heterocycles. The van der Waals surface area contributed by atoms with Crippen LogP contribution in [0.5, 0.6) is 11.5 Å². The van der Waals surface area contributed by atoms with E-state index in [4.69, 9.17) is 9.47 Å². The molecule has 0 aliphatic heterocycles. The van der Waals surface area contributed by atoms with Crippen molar-refractivity contribution >= 4 is 5.97 Å². The van der Waals surface area contributed by atoms with Crippen molar-refractivity contribution in [3.63, 3.8) is 0 Å². The number of phenolic OH excluding ortho intramolecular Hbond substituents is 1. The van der Waals surface area contributed by atoms with Crippen LogP contribution in [-0.2, 0) is 15.9 Å². The molecule has 0 atom stereocenters. The molecule has 0 amide bonds. The van der Waals surface area contributed by atoms with E-state index in [-0.39, 0.29) is 11.3 Å². The Hall–Kier alpha value is -2.53. The summed E-state index contributed by atoms with van der Waals surface area (Å²) < 4.78 is 15.5. The molecule has 5 heteroatoms. The first-order valence-corrected chi connectivity index (χ1v) is 7.36. The molecule has 0 unspecified atom stereocenters. The molecule has 2 aromatic rings. The second kappa shape index (κ2) is 8.80. The summed E-state index contributed by atoms with van der Waals surface area (Å²) in [6.07, 6.45) is 0.857. The summed E-state index contributed by atoms with van der Waals surface area (Å²) in [6, 6.07) is 14.6. The predicted octanol–water partition coefficient (Wildman–Crippen LogP) is 2.82. The first kappa shape index (κ1) is 16.8. The van der Waals surface area contributed by atoms with Gasteiger partial charge in [-0.2, -0.15) is 0 Å². The van der Waals surface area contributed by atoms with Crippen LogP contribution in [0.25, 0.3) is 0 Å². The lowest BCUT2D eigenvalue weighted by atomic mass is 10.2. The molecular formula is C18H20O5. The van der Waals surface area contributed by atoms with E-state index in [1.165, 1.54) is 24.8 Å². The van der Waals surface area contributed by atoms with Gasteiger partial charge in [0.05, 0.1) is 20.3 Å². The molecular weight excluding hydrogens is 296 g/mol. The van der Waals surface area contributed by atoms with E-state index in [1.807, 2.05) is 18.2 Å². The third kappa shape index (κ3) is 5.30. The molecule has 0 saturated carbocycles. The molecule has 122 valence electrons. The third-order valence-corrected chi connectivity index (χ3v) is 3.25. The molecule has 0 aliphatic rings. The Morgan fingerprint density at radius 1 is 1.04 bits per heavy atom. The number of ether oxygens (including phenoxy) is 3. The number of carbonyl (C=O) groups excluding carboxylic acids is 1. The summed E-state index contributed by atoms with van der Waals surface area (Å²) in [5.74, 6) is -0.278. The van der Waals surface area contributed by atoms with Crippen molar-refractivity contribution in [3.05, 3.63) is 59.7 Å². The molecule has 0 bridgehead atoms. The minimum Gasteiger partial charge on any atom is -0.507 e. The lowest BCUT2D eigenvalue weighted by Gasteiger charge is -2.09. The maximum Gasteiger partial charge on any atom is 0.341 e. The Bertz CT molecular complexity index is 625. The van der Waals surface area contributed by atoms with Crippen LogP contribution in [0.15, 0.2) is 48.5 Å². The van der Waals surface area contributed by atoms with Gasteiger partial charge in [0.2, 0.25) is 0 Å². The number of carbonyl (C=O) groups is 1. The number of benzene rings is 2. The van der Waals surface area contributed by atoms with Gasteiger partial charge >= 0.3 is 5.97 Å². The first-order chi connectivity index (χ1) is 11.2. The van der Waals surface area contributed by atoms with Crippen LogP contribution >= 0.6 is 0 Å². The number of esters is 1. The van der Waals surface area contributed by atoms with Gasteiger partial charge in [0.15, 0.2) is 0 Å². The summed E-state index contributed by atoms with van der Waals surface area (Å²) in [5.41, 5.74) is 1.34. The van der Waals surface area contributed by atoms with E-state index in [2.05, 4.69) is 16.9 Å². The highest BCUT2D eigenvalue weighted by Gasteiger charge is 2.11. The molecule has 0 saturated heterocycles. The quantitative estimate of drug-likeness (QED) is 0.599. The standard InChI is InChI=1S/C18H20O5/c1-21-18(20)16-8-7-15(13-17(16)19)23-12-11-22-10-9-14-5-3-2-4-6-14/h2-8,13,19H,9-12H2,1H3. The molecule has 0 spiro atoms. The summed E-state index contributed by atoms with van der Waals surface area (Å²) in [6.45, 7) is 1.44. The van der Waals surface area contributed by atoms with Crippen LogP contribution in [-0.4, -0.2) is 38.0 Å². The van der Waals surface area contributed by atoms with Crippen molar-refractivity contribution < 1.29 is 24.1 Å². The second-order valence-electron chi connectivity index (χ2n) is 4.87. The van der Waals surface area contributed by atoms with Crippen LogP contribution < -0.4 is 4.74 Å². The predicted molar refractivity (Wildman–Crippen MR) is 85.9 cm³/mol. The fourth-order valence-corrected chi connectivity index (χ4v) is 2.04. The first-order valence-electron chi connectivity index (χ1n) is 7.36. The molecule has 5 nitrogen and oxygen atoms in total. The van der Waals surface area contributed by atoms with Crippen molar-refractivity contribution in [2.45, 2.75) is 6.42 Å². The third-order valence-electron chi connectivity index (χ3n) is 3.25. The zero-order valence-corrected chi connectivity index (χ0v) is 13.0. The van der Waals surface area contributed by atoms with Crippen LogP contribution in [0.2, 0.25) is 0 Å². The summed E-state index contributed by atoms with van der Waals surface area (Å²) in [4.78, 5) is 11.4. The van der Waals surface area contributed by atoms with Gasteiger partial charge in [0.1, 0.15) is 23.7 Å². The lowest BCUT2D eigenvalue weighted by Crippen LogP contribution is -2.09. The fraction of sp³-hybridized carbons (Fsp3) is 0.278. The van der Waals surface area contributed by atoms with Gasteiger partial charge < -0.3 is 19.3 Å². The van der Waals surface area contributed by atoms with Crippen molar-refractivity contribution in [1.29, 1.82) is 0 Å². The molecule has 0 fully saturated rings. The number of phenols is 1. The van der Waals surface area contributed by atoms with Gasteiger partial charge in [-0.3, -0.25) is 0 Å². The zero-order chi connectivity index (χ0) is 16.5. The maximum atomic E-state index is 11.4. The highest BCUT2D eigenvalue weighted by Crippen LogP contribution is 2.24. The maximum absolute atomic E-state index is 11.4. The molecule has 2 rings (SSSR count). The van der Waals surface area contributed by atoms with Crippen molar-refractivity contribution in [1.82, 2.24) is 0 Å². The largest absolute Gasteiger partial charge is 0.507 e. The van der Waals surface area contributed by atoms with E-state index < -0.39 is 5.97 Å². The van der Waals surface area contributed by atoms with Gasteiger partial charge in [-0.15, -0.1) is 0 Å². The van der Waals surface area contributed by atoms with Gasteiger partial charge in [-0.1, -0.05) is 30.3 Å². The Balaban J connectivity index is 1.68. The average molecular weight is 316 g/mol. The Morgan fingerprint density at radius 2 is 1.83 bits per heavy atom. The van der Waals surface area contributed by atoms with Crippen LogP contribution in [0, 0.1) is 0 Å². The van der Waals surface area contributed by atoms with Crippen molar-refractivity contribution in [2.75, 3.05) is 26.9 Å². The zero-order valence-electron chi connectivity index (χ0n) is 13.0. The van der Waals surface area contributed by atoms with Gasteiger partial charge in [-0.05, 0) is 24.1 Å². The normalized spacial score (nSPS) is 10.3. The molecule has 2 aromatic carbocycles. The van der Waals surface area contributed by atoms with Crippen molar-refractivity contribution in [3.8, 4) is 11.5 Å². The molecule has 0 aliphatic carbocycles. The van der Waals surface area contributed by atoms with Gasteiger partial charge in [0, 0.05) is 6.07 Å². The Labute approximate surface area is 135 Å². The summed E-state index contributed by atoms with van der Waals surface area (Å²) >= 11 is 0. The minimum atomic E-state index is -0.585. The SMILES string of the molecule is COC(=O)c1ccc(OCCOCCc2ccccc2)cc1O. The van der Waals surface area contributed by atoms with E-state index in [1.54, 1.807) is 6.07 Å². The number of aromatic hydroxyl groups is 1. The van der Waals surface area contributed by atoms with E-state index in [0.717, 1.165) is 6.42 Å². The summed E-state index contributed by atoms with van der Waals surface area (Å²) in [7, 11) is 1.26. The van der Waals surface area contributed by atoms with E-state index >= 15 is 0 Å². The number of rotatable bonds is 8. The molecule has 1 N–H and O–H groups in total. The van der Waals surface area contributed by atoms with Crippen LogP contribution in [0.3, 0.4) is 0 Å². The summed E-state index contributed by atoms with van der Waals surface area (Å²) in [5, 5.41) is 9.75. The van der Waals surface area contributed by atoms with Crippen LogP contribution in [0.4, 0.5) is 0 Å². The molecule has 23 heavy (non-hydrogen) atoms. The molecule has 0 aromatic heterocycles. The Kier molecular flexibility index (Phi) is 6.44. The number of hydrogen-bond acceptors (Lipinski definition) is 5. The van der Waals surface area contributed by atoms with Gasteiger partial charge in [-0.25, -0.2) is 4.79 Å². The van der Waals surface area contributed by atoms with E-state index in [9.17, 15) is 9.90 Å². The monoisotopic (exact) mass is 316 g/mol. The van der Waals surface area contributed by atoms with E-state index in [0.29, 0.717) is 25.6 Å². The lowest BCUT2D eigenvalue weighted by molar-refractivity contribution is 0.0597. The van der Waals surface area contributed by atoms with Crippen molar-refractivity contribution in [2.24, 2.45) is 0 Å². The number of methoxy groups -OCH3 is 1. The van der Waals surface area contributed by atoms with Gasteiger partial charge in [0.25, 0.3) is 0 Å².